The molecule has 5 heteroatoms. The van der Waals surface area contributed by atoms with Crippen LogP contribution in [0.1, 0.15) is 22.8 Å². The number of nitriles is 1. The van der Waals surface area contributed by atoms with Crippen molar-refractivity contribution in [1.82, 2.24) is 4.40 Å². The Labute approximate surface area is 133 Å². The quantitative estimate of drug-likeness (QED) is 0.595. The summed E-state index contributed by atoms with van der Waals surface area (Å²) in [6.07, 6.45) is 1.89. The summed E-state index contributed by atoms with van der Waals surface area (Å²) in [7, 11) is 0. The standard InChI is InChI=1S/C18H15N3O2/c1-2-23-18(22)14-7-6-12(9-15(14)20)17-10-13(11-19)16-5-3-4-8-21(16)17/h3-10H,2,20H2,1H3. The van der Waals surface area contributed by atoms with E-state index in [2.05, 4.69) is 6.07 Å². The molecule has 0 aliphatic heterocycles. The molecule has 0 spiro atoms. The van der Waals surface area contributed by atoms with Crippen LogP contribution in [0.25, 0.3) is 16.8 Å². The van der Waals surface area contributed by atoms with Gasteiger partial charge in [0, 0.05) is 17.4 Å². The van der Waals surface area contributed by atoms with Gasteiger partial charge in [-0.3, -0.25) is 0 Å². The minimum Gasteiger partial charge on any atom is -0.462 e. The molecule has 0 unspecified atom stereocenters. The number of pyridine rings is 1. The van der Waals surface area contributed by atoms with E-state index in [9.17, 15) is 10.1 Å². The third-order valence-corrected chi connectivity index (χ3v) is 3.64. The van der Waals surface area contributed by atoms with Crippen molar-refractivity contribution in [3.63, 3.8) is 0 Å². The molecular formula is C18H15N3O2. The van der Waals surface area contributed by atoms with Crippen molar-refractivity contribution in [2.24, 2.45) is 0 Å². The summed E-state index contributed by atoms with van der Waals surface area (Å²) in [5.74, 6) is -0.436. The van der Waals surface area contributed by atoms with E-state index in [4.69, 9.17) is 10.5 Å². The summed E-state index contributed by atoms with van der Waals surface area (Å²) in [5.41, 5.74) is 9.80. The Morgan fingerprint density at radius 2 is 2.13 bits per heavy atom. The zero-order chi connectivity index (χ0) is 16.4. The minimum absolute atomic E-state index is 0.300. The molecule has 0 bridgehead atoms. The first-order valence-corrected chi connectivity index (χ1v) is 7.23. The van der Waals surface area contributed by atoms with Gasteiger partial charge in [0.25, 0.3) is 0 Å². The van der Waals surface area contributed by atoms with Crippen LogP contribution in [0.2, 0.25) is 0 Å². The molecule has 0 saturated carbocycles. The molecule has 2 aromatic heterocycles. The highest BCUT2D eigenvalue weighted by Crippen LogP contribution is 2.28. The molecule has 1 aromatic carbocycles. The van der Waals surface area contributed by atoms with E-state index in [1.54, 1.807) is 25.1 Å². The number of fused-ring (bicyclic) bond motifs is 1. The van der Waals surface area contributed by atoms with Crippen molar-refractivity contribution in [2.75, 3.05) is 12.3 Å². The first-order valence-electron chi connectivity index (χ1n) is 7.23. The second-order valence-corrected chi connectivity index (χ2v) is 5.03. The first kappa shape index (κ1) is 14.7. The maximum Gasteiger partial charge on any atom is 0.340 e. The van der Waals surface area contributed by atoms with Crippen LogP contribution < -0.4 is 5.73 Å². The van der Waals surface area contributed by atoms with E-state index in [1.807, 2.05) is 34.9 Å². The van der Waals surface area contributed by atoms with E-state index in [-0.39, 0.29) is 0 Å². The molecule has 2 N–H and O–H groups in total. The lowest BCUT2D eigenvalue weighted by molar-refractivity contribution is 0.0527. The van der Waals surface area contributed by atoms with Crippen molar-refractivity contribution in [1.29, 1.82) is 5.26 Å². The predicted octanol–water partition coefficient (Wildman–Crippen LogP) is 3.24. The average Bonchev–Trinajstić information content (AvgIpc) is 2.93. The highest BCUT2D eigenvalue weighted by atomic mass is 16.5. The van der Waals surface area contributed by atoms with Crippen molar-refractivity contribution in [3.05, 3.63) is 59.8 Å². The summed E-state index contributed by atoms with van der Waals surface area (Å²) in [4.78, 5) is 11.8. The molecule has 3 aromatic rings. The number of aromatic nitrogens is 1. The van der Waals surface area contributed by atoms with Gasteiger partial charge in [0.05, 0.1) is 28.9 Å². The molecule has 0 aliphatic carbocycles. The Morgan fingerprint density at radius 3 is 2.83 bits per heavy atom. The van der Waals surface area contributed by atoms with Crippen LogP contribution in [0.5, 0.6) is 0 Å². The highest BCUT2D eigenvalue weighted by Gasteiger charge is 2.14. The van der Waals surface area contributed by atoms with E-state index < -0.39 is 5.97 Å². The lowest BCUT2D eigenvalue weighted by Gasteiger charge is -2.08. The number of rotatable bonds is 3. The van der Waals surface area contributed by atoms with Crippen molar-refractivity contribution in [3.8, 4) is 17.3 Å². The van der Waals surface area contributed by atoms with Gasteiger partial charge in [-0.1, -0.05) is 12.1 Å². The minimum atomic E-state index is -0.436. The van der Waals surface area contributed by atoms with Crippen LogP contribution in [0.3, 0.4) is 0 Å². The molecule has 0 aliphatic rings. The summed E-state index contributed by atoms with van der Waals surface area (Å²) >= 11 is 0. The number of hydrogen-bond acceptors (Lipinski definition) is 4. The highest BCUT2D eigenvalue weighted by molar-refractivity contribution is 5.96. The number of nitrogens with two attached hydrogens (primary N) is 1. The van der Waals surface area contributed by atoms with Crippen LogP contribution in [0.4, 0.5) is 5.69 Å². The van der Waals surface area contributed by atoms with Gasteiger partial charge in [-0.2, -0.15) is 5.26 Å². The van der Waals surface area contributed by atoms with Gasteiger partial charge in [-0.15, -0.1) is 0 Å². The molecule has 0 atom stereocenters. The Bertz CT molecular complexity index is 935. The van der Waals surface area contributed by atoms with Crippen molar-refractivity contribution in [2.45, 2.75) is 6.92 Å². The molecular weight excluding hydrogens is 290 g/mol. The fraction of sp³-hybridized carbons (Fsp3) is 0.111. The van der Waals surface area contributed by atoms with Gasteiger partial charge in [0.15, 0.2) is 0 Å². The number of nitrogens with zero attached hydrogens (tertiary/aromatic N) is 2. The van der Waals surface area contributed by atoms with Crippen LogP contribution in [0.15, 0.2) is 48.7 Å². The molecule has 5 nitrogen and oxygen atoms in total. The molecule has 3 rings (SSSR count). The van der Waals surface area contributed by atoms with E-state index in [0.29, 0.717) is 23.4 Å². The number of benzene rings is 1. The number of nitrogen functional groups attached to an aromatic ring is 1. The van der Waals surface area contributed by atoms with Crippen LogP contribution in [0, 0.1) is 11.3 Å². The number of carbonyl (C=O) groups is 1. The molecule has 0 fully saturated rings. The average molecular weight is 305 g/mol. The fourth-order valence-electron chi connectivity index (χ4n) is 2.58. The van der Waals surface area contributed by atoms with Gasteiger partial charge < -0.3 is 14.9 Å². The van der Waals surface area contributed by atoms with E-state index in [1.165, 1.54) is 0 Å². The zero-order valence-electron chi connectivity index (χ0n) is 12.6. The summed E-state index contributed by atoms with van der Waals surface area (Å²) in [5, 5.41) is 9.28. The molecule has 0 saturated heterocycles. The third kappa shape index (κ3) is 2.51. The Kier molecular flexibility index (Phi) is 3.73. The van der Waals surface area contributed by atoms with Gasteiger partial charge in [-0.25, -0.2) is 4.79 Å². The molecule has 0 amide bonds. The second kappa shape index (κ2) is 5.85. The maximum absolute atomic E-state index is 11.8. The number of esters is 1. The number of carbonyl (C=O) groups excluding carboxylic acids is 1. The van der Waals surface area contributed by atoms with Crippen molar-refractivity contribution >= 4 is 17.2 Å². The van der Waals surface area contributed by atoms with Gasteiger partial charge >= 0.3 is 5.97 Å². The lowest BCUT2D eigenvalue weighted by atomic mass is 10.1. The molecule has 0 radical (unpaired) electrons. The van der Waals surface area contributed by atoms with E-state index >= 15 is 0 Å². The zero-order valence-corrected chi connectivity index (χ0v) is 12.6. The van der Waals surface area contributed by atoms with Gasteiger partial charge in [0.1, 0.15) is 6.07 Å². The van der Waals surface area contributed by atoms with Crippen molar-refractivity contribution < 1.29 is 9.53 Å². The summed E-state index contributed by atoms with van der Waals surface area (Å²) < 4.78 is 6.91. The number of anilines is 1. The first-order chi connectivity index (χ1) is 11.2. The summed E-state index contributed by atoms with van der Waals surface area (Å²) in [6, 6.07) is 14.9. The van der Waals surface area contributed by atoms with Crippen LogP contribution in [-0.2, 0) is 4.74 Å². The Balaban J connectivity index is 2.12. The maximum atomic E-state index is 11.8. The predicted molar refractivity (Wildman–Crippen MR) is 87.9 cm³/mol. The Morgan fingerprint density at radius 1 is 1.30 bits per heavy atom. The van der Waals surface area contributed by atoms with Crippen LogP contribution in [-0.4, -0.2) is 17.0 Å². The monoisotopic (exact) mass is 305 g/mol. The fourth-order valence-corrected chi connectivity index (χ4v) is 2.58. The second-order valence-electron chi connectivity index (χ2n) is 5.03. The Hall–Kier alpha value is -3.26. The molecule has 2 heterocycles. The molecule has 114 valence electrons. The molecule has 23 heavy (non-hydrogen) atoms. The van der Waals surface area contributed by atoms with Crippen LogP contribution >= 0.6 is 0 Å². The van der Waals surface area contributed by atoms with Gasteiger partial charge in [0.2, 0.25) is 0 Å². The van der Waals surface area contributed by atoms with E-state index in [0.717, 1.165) is 16.8 Å². The van der Waals surface area contributed by atoms with Gasteiger partial charge in [-0.05, 0) is 37.3 Å². The smallest absolute Gasteiger partial charge is 0.340 e. The number of hydrogen-bond donors (Lipinski definition) is 1. The normalized spacial score (nSPS) is 10.4. The number of ether oxygens (including phenoxy) is 1. The SMILES string of the molecule is CCOC(=O)c1ccc(-c2cc(C#N)c3ccccn23)cc1N. The lowest BCUT2D eigenvalue weighted by Crippen LogP contribution is -2.08. The summed E-state index contributed by atoms with van der Waals surface area (Å²) in [6.45, 7) is 2.05. The largest absolute Gasteiger partial charge is 0.462 e. The third-order valence-electron chi connectivity index (χ3n) is 3.64. The topological polar surface area (TPSA) is 80.5 Å².